The molecule has 0 unspecified atom stereocenters. The quantitative estimate of drug-likeness (QED) is 0.705. The Labute approximate surface area is 145 Å². The van der Waals surface area contributed by atoms with Crippen molar-refractivity contribution in [3.8, 4) is 5.69 Å². The van der Waals surface area contributed by atoms with Gasteiger partial charge in [-0.25, -0.2) is 18.2 Å². The van der Waals surface area contributed by atoms with Crippen LogP contribution in [0.2, 0.25) is 0 Å². The zero-order chi connectivity index (χ0) is 18.0. The summed E-state index contributed by atoms with van der Waals surface area (Å²) >= 11 is 1.28. The number of carbonyl (C=O) groups excluding carboxylic acids is 1. The Bertz CT molecular complexity index is 905. The van der Waals surface area contributed by atoms with E-state index in [0.717, 1.165) is 12.1 Å². The first-order valence-electron chi connectivity index (χ1n) is 7.14. The molecule has 0 bridgehead atoms. The highest BCUT2D eigenvalue weighted by Gasteiger charge is 2.20. The lowest BCUT2D eigenvalue weighted by molar-refractivity contribution is 0.101. The molecule has 0 spiro atoms. The third kappa shape index (κ3) is 3.39. The van der Waals surface area contributed by atoms with E-state index in [1.165, 1.54) is 52.9 Å². The maximum absolute atomic E-state index is 13.7. The maximum Gasteiger partial charge on any atom is 0.274 e. The number of halogens is 3. The monoisotopic (exact) mass is 363 g/mol. The van der Waals surface area contributed by atoms with Gasteiger partial charge in [0.1, 0.15) is 28.8 Å². The molecular formula is C17H12F3N3OS. The van der Waals surface area contributed by atoms with E-state index in [2.05, 4.69) is 10.3 Å². The minimum Gasteiger partial charge on any atom is -0.316 e. The van der Waals surface area contributed by atoms with Crippen LogP contribution in [0.1, 0.15) is 10.5 Å². The predicted molar refractivity (Wildman–Crippen MR) is 89.6 cm³/mol. The average Bonchev–Trinajstić information content (AvgIpc) is 3.03. The molecule has 0 atom stereocenters. The summed E-state index contributed by atoms with van der Waals surface area (Å²) in [4.78, 5) is 16.6. The molecule has 1 amide bonds. The summed E-state index contributed by atoms with van der Waals surface area (Å²) in [5, 5.41) is 2.70. The Morgan fingerprint density at radius 2 is 1.72 bits per heavy atom. The number of para-hydroxylation sites is 1. The summed E-state index contributed by atoms with van der Waals surface area (Å²) in [6.45, 7) is 0. The molecule has 4 nitrogen and oxygen atoms in total. The first-order valence-corrected chi connectivity index (χ1v) is 8.36. The van der Waals surface area contributed by atoms with Crippen molar-refractivity contribution in [2.24, 2.45) is 0 Å². The maximum atomic E-state index is 13.7. The highest BCUT2D eigenvalue weighted by Crippen LogP contribution is 2.24. The summed E-state index contributed by atoms with van der Waals surface area (Å²) in [6, 6.07) is 8.76. The summed E-state index contributed by atoms with van der Waals surface area (Å²) < 4.78 is 42.1. The van der Waals surface area contributed by atoms with Gasteiger partial charge in [-0.1, -0.05) is 17.8 Å². The van der Waals surface area contributed by atoms with E-state index >= 15 is 0 Å². The van der Waals surface area contributed by atoms with Crippen LogP contribution in [-0.4, -0.2) is 21.7 Å². The van der Waals surface area contributed by atoms with Crippen molar-refractivity contribution in [3.05, 3.63) is 71.8 Å². The van der Waals surface area contributed by atoms with Gasteiger partial charge >= 0.3 is 0 Å². The SMILES string of the molecule is CSc1ncc(C(=O)Nc2c(F)cccc2F)n1-c1ccc(F)cc1. The van der Waals surface area contributed by atoms with Crippen LogP contribution < -0.4 is 5.32 Å². The number of nitrogens with one attached hydrogen (secondary N) is 1. The van der Waals surface area contributed by atoms with E-state index < -0.39 is 29.0 Å². The van der Waals surface area contributed by atoms with Crippen molar-refractivity contribution in [2.45, 2.75) is 5.16 Å². The lowest BCUT2D eigenvalue weighted by Crippen LogP contribution is -2.18. The molecule has 0 aliphatic heterocycles. The van der Waals surface area contributed by atoms with Gasteiger partial charge in [-0.15, -0.1) is 0 Å². The summed E-state index contributed by atoms with van der Waals surface area (Å²) in [7, 11) is 0. The average molecular weight is 363 g/mol. The zero-order valence-electron chi connectivity index (χ0n) is 13.0. The number of benzene rings is 2. The Hall–Kier alpha value is -2.74. The molecule has 3 rings (SSSR count). The molecule has 128 valence electrons. The van der Waals surface area contributed by atoms with Gasteiger partial charge in [-0.2, -0.15) is 0 Å². The molecule has 0 saturated heterocycles. The van der Waals surface area contributed by atoms with Gasteiger partial charge in [-0.3, -0.25) is 9.36 Å². The lowest BCUT2D eigenvalue weighted by atomic mass is 10.2. The van der Waals surface area contributed by atoms with Crippen LogP contribution in [-0.2, 0) is 0 Å². The minimum atomic E-state index is -0.883. The van der Waals surface area contributed by atoms with Gasteiger partial charge < -0.3 is 5.32 Å². The number of hydrogen-bond donors (Lipinski definition) is 1. The Morgan fingerprint density at radius 3 is 2.32 bits per heavy atom. The van der Waals surface area contributed by atoms with Crippen LogP contribution in [0.4, 0.5) is 18.9 Å². The third-order valence-corrected chi connectivity index (χ3v) is 4.08. The topological polar surface area (TPSA) is 46.9 Å². The molecule has 3 aromatic rings. The van der Waals surface area contributed by atoms with E-state index in [0.29, 0.717) is 10.8 Å². The van der Waals surface area contributed by atoms with Crippen LogP contribution in [0.15, 0.2) is 53.8 Å². The van der Waals surface area contributed by atoms with Crippen molar-refractivity contribution in [3.63, 3.8) is 0 Å². The van der Waals surface area contributed by atoms with Crippen LogP contribution in [0.3, 0.4) is 0 Å². The number of amides is 1. The smallest absolute Gasteiger partial charge is 0.274 e. The van der Waals surface area contributed by atoms with Crippen molar-refractivity contribution in [1.82, 2.24) is 9.55 Å². The zero-order valence-corrected chi connectivity index (χ0v) is 13.8. The molecule has 0 radical (unpaired) electrons. The second-order valence-electron chi connectivity index (χ2n) is 4.99. The second kappa shape index (κ2) is 7.02. The molecule has 2 aromatic carbocycles. The van der Waals surface area contributed by atoms with Gasteiger partial charge in [0.15, 0.2) is 5.16 Å². The third-order valence-electron chi connectivity index (χ3n) is 3.43. The fourth-order valence-electron chi connectivity index (χ4n) is 2.27. The van der Waals surface area contributed by atoms with E-state index in [1.807, 2.05) is 0 Å². The number of imidazole rings is 1. The van der Waals surface area contributed by atoms with Gasteiger partial charge in [-0.05, 0) is 42.7 Å². The number of hydrogen-bond acceptors (Lipinski definition) is 3. The fourth-order valence-corrected chi connectivity index (χ4v) is 2.82. The van der Waals surface area contributed by atoms with Crippen LogP contribution >= 0.6 is 11.8 Å². The molecule has 0 aliphatic carbocycles. The summed E-state index contributed by atoms with van der Waals surface area (Å²) in [5.41, 5.74) is 0.0334. The largest absolute Gasteiger partial charge is 0.316 e. The van der Waals surface area contributed by atoms with Gasteiger partial charge in [0, 0.05) is 5.69 Å². The molecule has 25 heavy (non-hydrogen) atoms. The van der Waals surface area contributed by atoms with Crippen molar-refractivity contribution < 1.29 is 18.0 Å². The molecule has 0 aliphatic rings. The Kier molecular flexibility index (Phi) is 4.80. The van der Waals surface area contributed by atoms with Crippen LogP contribution in [0.25, 0.3) is 5.69 Å². The van der Waals surface area contributed by atoms with Crippen molar-refractivity contribution >= 4 is 23.4 Å². The van der Waals surface area contributed by atoms with E-state index in [4.69, 9.17) is 0 Å². The minimum absolute atomic E-state index is 0.0682. The molecular weight excluding hydrogens is 351 g/mol. The van der Waals surface area contributed by atoms with E-state index in [9.17, 15) is 18.0 Å². The molecule has 1 heterocycles. The number of anilines is 1. The highest BCUT2D eigenvalue weighted by molar-refractivity contribution is 7.98. The fraction of sp³-hybridized carbons (Fsp3) is 0.0588. The standard InChI is InChI=1S/C17H12F3N3OS/c1-25-17-21-9-14(23(17)11-7-5-10(18)6-8-11)16(24)22-15-12(19)3-2-4-13(15)20/h2-9H,1H3,(H,22,24). The van der Waals surface area contributed by atoms with E-state index in [-0.39, 0.29) is 5.69 Å². The highest BCUT2D eigenvalue weighted by atomic mass is 32.2. The normalized spacial score (nSPS) is 10.7. The van der Waals surface area contributed by atoms with E-state index in [1.54, 1.807) is 6.26 Å². The number of rotatable bonds is 4. The van der Waals surface area contributed by atoms with Gasteiger partial charge in [0.25, 0.3) is 5.91 Å². The van der Waals surface area contributed by atoms with Gasteiger partial charge in [0.05, 0.1) is 6.20 Å². The number of nitrogens with zero attached hydrogens (tertiary/aromatic N) is 2. The summed E-state index contributed by atoms with van der Waals surface area (Å²) in [5.74, 6) is -2.92. The number of thioether (sulfide) groups is 1. The number of aromatic nitrogens is 2. The van der Waals surface area contributed by atoms with Crippen molar-refractivity contribution in [1.29, 1.82) is 0 Å². The van der Waals surface area contributed by atoms with Gasteiger partial charge in [0.2, 0.25) is 0 Å². The molecule has 0 saturated carbocycles. The molecule has 1 aromatic heterocycles. The van der Waals surface area contributed by atoms with Crippen molar-refractivity contribution in [2.75, 3.05) is 11.6 Å². The van der Waals surface area contributed by atoms with Crippen LogP contribution in [0, 0.1) is 17.5 Å². The Morgan fingerprint density at radius 1 is 1.08 bits per heavy atom. The first kappa shape index (κ1) is 17.1. The van der Waals surface area contributed by atoms with Crippen LogP contribution in [0.5, 0.6) is 0 Å². The number of carbonyl (C=O) groups is 1. The predicted octanol–water partition coefficient (Wildman–Crippen LogP) is 4.26. The summed E-state index contributed by atoms with van der Waals surface area (Å²) in [6.07, 6.45) is 3.06. The lowest BCUT2D eigenvalue weighted by Gasteiger charge is -2.12. The Balaban J connectivity index is 2.01. The molecule has 0 fully saturated rings. The molecule has 1 N–H and O–H groups in total. The second-order valence-corrected chi connectivity index (χ2v) is 5.77. The molecule has 8 heteroatoms. The first-order chi connectivity index (χ1) is 12.0.